The average molecular weight is 242 g/mol. The van der Waals surface area contributed by atoms with Crippen molar-refractivity contribution >= 4 is 11.2 Å². The summed E-state index contributed by atoms with van der Waals surface area (Å²) in [4.78, 5) is 7.86. The summed E-state index contributed by atoms with van der Waals surface area (Å²) in [6.45, 7) is 0. The van der Waals surface area contributed by atoms with Crippen molar-refractivity contribution in [1.29, 1.82) is 0 Å². The highest BCUT2D eigenvalue weighted by Crippen LogP contribution is 2.31. The van der Waals surface area contributed by atoms with Crippen LogP contribution < -0.4 is 0 Å². The van der Waals surface area contributed by atoms with Crippen LogP contribution in [0.3, 0.4) is 0 Å². The molecule has 3 heterocycles. The molecule has 0 amide bonds. The van der Waals surface area contributed by atoms with E-state index in [0.717, 1.165) is 22.7 Å². The predicted octanol–water partition coefficient (Wildman–Crippen LogP) is 3.13. The third kappa shape index (κ3) is 1.40. The molecule has 1 aliphatic rings. The van der Waals surface area contributed by atoms with Crippen molar-refractivity contribution in [3.8, 4) is 11.6 Å². The van der Waals surface area contributed by atoms with Gasteiger partial charge in [-0.25, -0.2) is 9.67 Å². The molecule has 0 bridgehead atoms. The van der Waals surface area contributed by atoms with Crippen LogP contribution in [0.5, 0.6) is 0 Å². The van der Waals surface area contributed by atoms with E-state index in [1.54, 1.807) is 6.26 Å². The number of aromatic nitrogens is 4. The van der Waals surface area contributed by atoms with E-state index >= 15 is 0 Å². The molecule has 1 saturated carbocycles. The van der Waals surface area contributed by atoms with Crippen LogP contribution >= 0.6 is 0 Å². The molecule has 0 atom stereocenters. The van der Waals surface area contributed by atoms with Crippen molar-refractivity contribution in [2.75, 3.05) is 0 Å². The number of nitrogens with one attached hydrogen (secondary N) is 1. The number of aromatic amines is 1. The number of nitrogens with zero attached hydrogens (tertiary/aromatic N) is 3. The Bertz CT molecular complexity index is 658. The molecule has 92 valence electrons. The SMILES string of the molecule is c1coc(-c2nc3c(cnn3C3CCCC3)[nH]2)c1. The van der Waals surface area contributed by atoms with Gasteiger partial charge in [-0.05, 0) is 25.0 Å². The lowest BCUT2D eigenvalue weighted by Crippen LogP contribution is -2.06. The maximum atomic E-state index is 5.36. The first-order valence-electron chi connectivity index (χ1n) is 6.39. The lowest BCUT2D eigenvalue weighted by molar-refractivity contribution is 0.478. The topological polar surface area (TPSA) is 59.6 Å². The Morgan fingerprint density at radius 3 is 3.00 bits per heavy atom. The summed E-state index contributed by atoms with van der Waals surface area (Å²) in [5, 5.41) is 4.45. The minimum absolute atomic E-state index is 0.509. The van der Waals surface area contributed by atoms with Gasteiger partial charge in [0.2, 0.25) is 0 Å². The van der Waals surface area contributed by atoms with Gasteiger partial charge in [0, 0.05) is 0 Å². The zero-order valence-corrected chi connectivity index (χ0v) is 9.97. The van der Waals surface area contributed by atoms with Crippen LogP contribution in [-0.4, -0.2) is 19.7 Å². The van der Waals surface area contributed by atoms with Crippen molar-refractivity contribution in [3.63, 3.8) is 0 Å². The number of hydrogen-bond acceptors (Lipinski definition) is 3. The molecule has 0 saturated heterocycles. The molecule has 1 aliphatic carbocycles. The van der Waals surface area contributed by atoms with Gasteiger partial charge in [-0.1, -0.05) is 12.8 Å². The Labute approximate surface area is 104 Å². The molecule has 3 aromatic heterocycles. The summed E-state index contributed by atoms with van der Waals surface area (Å²) in [5.74, 6) is 1.54. The fraction of sp³-hybridized carbons (Fsp3) is 0.385. The highest BCUT2D eigenvalue weighted by Gasteiger charge is 2.21. The van der Waals surface area contributed by atoms with Gasteiger partial charge >= 0.3 is 0 Å². The Kier molecular flexibility index (Phi) is 2.06. The van der Waals surface area contributed by atoms with E-state index in [0.29, 0.717) is 6.04 Å². The summed E-state index contributed by atoms with van der Waals surface area (Å²) in [6.07, 6.45) is 8.52. The number of furan rings is 1. The second kappa shape index (κ2) is 3.73. The quantitative estimate of drug-likeness (QED) is 0.751. The van der Waals surface area contributed by atoms with Gasteiger partial charge < -0.3 is 9.40 Å². The van der Waals surface area contributed by atoms with Gasteiger partial charge in [0.1, 0.15) is 5.52 Å². The number of rotatable bonds is 2. The fourth-order valence-corrected chi connectivity index (χ4v) is 2.76. The normalized spacial score (nSPS) is 16.9. The third-order valence-electron chi connectivity index (χ3n) is 3.67. The average Bonchev–Trinajstić information content (AvgIpc) is 3.13. The summed E-state index contributed by atoms with van der Waals surface area (Å²) in [7, 11) is 0. The van der Waals surface area contributed by atoms with Gasteiger partial charge in [-0.3, -0.25) is 0 Å². The number of imidazole rings is 1. The third-order valence-corrected chi connectivity index (χ3v) is 3.67. The molecule has 4 rings (SSSR count). The minimum atomic E-state index is 0.509. The lowest BCUT2D eigenvalue weighted by atomic mass is 10.2. The molecule has 0 aliphatic heterocycles. The second-order valence-electron chi connectivity index (χ2n) is 4.83. The maximum Gasteiger partial charge on any atom is 0.177 e. The summed E-state index contributed by atoms with van der Waals surface area (Å²) in [5.41, 5.74) is 1.92. The van der Waals surface area contributed by atoms with E-state index < -0.39 is 0 Å². The van der Waals surface area contributed by atoms with E-state index in [2.05, 4.69) is 19.7 Å². The number of fused-ring (bicyclic) bond motifs is 1. The molecular weight excluding hydrogens is 228 g/mol. The first kappa shape index (κ1) is 9.94. The summed E-state index contributed by atoms with van der Waals surface area (Å²) >= 11 is 0. The van der Waals surface area contributed by atoms with Crippen LogP contribution in [0, 0.1) is 0 Å². The Hall–Kier alpha value is -2.04. The molecule has 0 radical (unpaired) electrons. The zero-order chi connectivity index (χ0) is 11.9. The predicted molar refractivity (Wildman–Crippen MR) is 67.1 cm³/mol. The Balaban J connectivity index is 1.81. The maximum absolute atomic E-state index is 5.36. The first-order valence-corrected chi connectivity index (χ1v) is 6.39. The van der Waals surface area contributed by atoms with Gasteiger partial charge in [-0.2, -0.15) is 5.10 Å². The van der Waals surface area contributed by atoms with Crippen molar-refractivity contribution in [2.24, 2.45) is 0 Å². The van der Waals surface area contributed by atoms with E-state index in [-0.39, 0.29) is 0 Å². The molecule has 3 aromatic rings. The molecular formula is C13H14N4O. The van der Waals surface area contributed by atoms with Crippen LogP contribution in [0.1, 0.15) is 31.7 Å². The van der Waals surface area contributed by atoms with Crippen LogP contribution in [0.15, 0.2) is 29.0 Å². The van der Waals surface area contributed by atoms with Crippen molar-refractivity contribution < 1.29 is 4.42 Å². The fourth-order valence-electron chi connectivity index (χ4n) is 2.76. The molecule has 1 fully saturated rings. The second-order valence-corrected chi connectivity index (χ2v) is 4.83. The molecule has 0 unspecified atom stereocenters. The summed E-state index contributed by atoms with van der Waals surface area (Å²) in [6, 6.07) is 4.28. The van der Waals surface area contributed by atoms with Crippen molar-refractivity contribution in [1.82, 2.24) is 19.7 Å². The lowest BCUT2D eigenvalue weighted by Gasteiger charge is -2.08. The van der Waals surface area contributed by atoms with E-state index in [4.69, 9.17) is 4.42 Å². The molecule has 1 N–H and O–H groups in total. The van der Waals surface area contributed by atoms with Gasteiger partial charge in [0.25, 0.3) is 0 Å². The van der Waals surface area contributed by atoms with Crippen molar-refractivity contribution in [3.05, 3.63) is 24.6 Å². The van der Waals surface area contributed by atoms with Crippen molar-refractivity contribution in [2.45, 2.75) is 31.7 Å². The zero-order valence-electron chi connectivity index (χ0n) is 9.97. The minimum Gasteiger partial charge on any atom is -0.461 e. The molecule has 0 aromatic carbocycles. The Morgan fingerprint density at radius 2 is 2.22 bits per heavy atom. The van der Waals surface area contributed by atoms with Crippen LogP contribution in [0.2, 0.25) is 0 Å². The number of H-pyrrole nitrogens is 1. The monoisotopic (exact) mass is 242 g/mol. The van der Waals surface area contributed by atoms with E-state index in [9.17, 15) is 0 Å². The van der Waals surface area contributed by atoms with Gasteiger partial charge in [0.15, 0.2) is 17.2 Å². The largest absolute Gasteiger partial charge is 0.461 e. The summed E-state index contributed by atoms with van der Waals surface area (Å²) < 4.78 is 7.42. The smallest absolute Gasteiger partial charge is 0.177 e. The molecule has 18 heavy (non-hydrogen) atoms. The van der Waals surface area contributed by atoms with E-state index in [1.165, 1.54) is 25.7 Å². The Morgan fingerprint density at radius 1 is 1.33 bits per heavy atom. The number of hydrogen-bond donors (Lipinski definition) is 1. The standard InChI is InChI=1S/C13H14N4O/c1-2-5-9(4-1)17-13-10(8-14-17)15-12(16-13)11-6-3-7-18-11/h3,6-9H,1-2,4-5H2,(H,15,16). The highest BCUT2D eigenvalue weighted by molar-refractivity contribution is 5.74. The molecule has 5 nitrogen and oxygen atoms in total. The van der Waals surface area contributed by atoms with E-state index in [1.807, 2.05) is 18.3 Å². The first-order chi connectivity index (χ1) is 8.92. The van der Waals surface area contributed by atoms with Gasteiger partial charge in [0.05, 0.1) is 18.5 Å². The molecule has 5 heteroatoms. The molecule has 0 spiro atoms. The van der Waals surface area contributed by atoms with Crippen LogP contribution in [-0.2, 0) is 0 Å². The highest BCUT2D eigenvalue weighted by atomic mass is 16.3. The van der Waals surface area contributed by atoms with Gasteiger partial charge in [-0.15, -0.1) is 0 Å². The van der Waals surface area contributed by atoms with Crippen LogP contribution in [0.25, 0.3) is 22.7 Å². The van der Waals surface area contributed by atoms with Crippen LogP contribution in [0.4, 0.5) is 0 Å².